The number of carbonyl (C=O) groups is 2. The highest BCUT2D eigenvalue weighted by Crippen LogP contribution is 2.61. The van der Waals surface area contributed by atoms with E-state index in [0.29, 0.717) is 25.1 Å². The molecule has 0 saturated carbocycles. The minimum absolute atomic E-state index is 0.0437. The average molecular weight is 838 g/mol. The maximum absolute atomic E-state index is 12.7. The number of fused-ring (bicyclic) bond motifs is 1. The molecule has 0 radical (unpaired) electrons. The standard InChI is InChI=1S/C25H42N7O17P3S/c1-25(2,20(36)23(37)28-7-5-16(34)26-8-10-53)12-46-52(43,44)49-51(41,42)45-11-15-19(48-50(38,39)40)18(35)24(47-15)32-14-31-17-21(27-6-3-4-9-33)29-13-30-22(17)32/h6,13-15,18-20,24,33,35-36,53H,3-5,7-12H2,1-2H3,(H,26,34)(H,28,37)(H,41,42)(H,43,44)(H2,38,39,40)/t15-,18-,19-,20+,24-/m1/s1. The lowest BCUT2D eigenvalue weighted by molar-refractivity contribution is -0.137. The molecule has 0 bridgehead atoms. The molecule has 3 rings (SSSR count). The summed E-state index contributed by atoms with van der Waals surface area (Å²) in [5.74, 6) is -0.810. The largest absolute Gasteiger partial charge is 0.481 e. The van der Waals surface area contributed by atoms with Crippen molar-refractivity contribution in [2.75, 3.05) is 38.7 Å². The maximum atomic E-state index is 12.7. The molecule has 2 aromatic rings. The Morgan fingerprint density at radius 3 is 2.47 bits per heavy atom. The van der Waals surface area contributed by atoms with Crippen LogP contribution in [0, 0.1) is 5.41 Å². The molecule has 1 aliphatic heterocycles. The first-order valence-electron chi connectivity index (χ1n) is 15.6. The fourth-order valence-electron chi connectivity index (χ4n) is 4.53. The van der Waals surface area contributed by atoms with Crippen molar-refractivity contribution in [1.29, 1.82) is 0 Å². The van der Waals surface area contributed by atoms with Gasteiger partial charge in [0.15, 0.2) is 23.2 Å². The zero-order chi connectivity index (χ0) is 39.6. The SMILES string of the molecule is CC(C)(COP(=O)(O)OP(=O)(O)OC[C@H]1O[C@@H](n2cnc3c(N=CCCCO)ncnc32)[C@H](O)[C@@H]1OP(=O)(O)O)[C@@H](O)C(=O)NCCC(=O)NCCS. The summed E-state index contributed by atoms with van der Waals surface area (Å²) in [5.41, 5.74) is -1.42. The van der Waals surface area contributed by atoms with E-state index in [-0.39, 0.29) is 42.5 Å². The van der Waals surface area contributed by atoms with Gasteiger partial charge in [0.1, 0.15) is 30.7 Å². The monoisotopic (exact) mass is 837 g/mol. The van der Waals surface area contributed by atoms with Crippen molar-refractivity contribution in [1.82, 2.24) is 30.2 Å². The van der Waals surface area contributed by atoms with E-state index >= 15 is 0 Å². The zero-order valence-electron chi connectivity index (χ0n) is 28.2. The van der Waals surface area contributed by atoms with Crippen molar-refractivity contribution in [2.24, 2.45) is 10.4 Å². The Balaban J connectivity index is 1.65. The van der Waals surface area contributed by atoms with E-state index < -0.39 is 78.6 Å². The third-order valence-electron chi connectivity index (χ3n) is 7.17. The third kappa shape index (κ3) is 13.8. The first kappa shape index (κ1) is 45.1. The van der Waals surface area contributed by atoms with Gasteiger partial charge in [-0.05, 0) is 12.8 Å². The molecule has 1 saturated heterocycles. The molecule has 7 atom stereocenters. The Morgan fingerprint density at radius 1 is 1.11 bits per heavy atom. The number of aliphatic imine (C=N–C) groups is 1. The molecule has 0 spiro atoms. The second kappa shape index (κ2) is 19.5. The number of ether oxygens (including phenoxy) is 1. The van der Waals surface area contributed by atoms with Gasteiger partial charge in [-0.3, -0.25) is 27.7 Å². The summed E-state index contributed by atoms with van der Waals surface area (Å²) in [5, 5.41) is 35.3. The Kier molecular flexibility index (Phi) is 16.6. The van der Waals surface area contributed by atoms with Gasteiger partial charge < -0.3 is 50.3 Å². The number of amides is 2. The molecule has 24 nitrogen and oxygen atoms in total. The van der Waals surface area contributed by atoms with Crippen molar-refractivity contribution in [2.45, 2.75) is 63.8 Å². The molecule has 3 heterocycles. The van der Waals surface area contributed by atoms with Crippen LogP contribution in [0.15, 0.2) is 17.6 Å². The Labute approximate surface area is 307 Å². The molecule has 9 N–H and O–H groups in total. The van der Waals surface area contributed by atoms with Crippen molar-refractivity contribution in [3.8, 4) is 0 Å². The van der Waals surface area contributed by atoms with E-state index in [9.17, 15) is 53.1 Å². The van der Waals surface area contributed by atoms with E-state index in [4.69, 9.17) is 18.9 Å². The number of aliphatic hydroxyl groups is 3. The van der Waals surface area contributed by atoms with E-state index in [1.54, 1.807) is 0 Å². The Hall–Kier alpha value is -2.28. The molecular formula is C25H42N7O17P3S. The summed E-state index contributed by atoms with van der Waals surface area (Å²) < 4.78 is 62.3. The van der Waals surface area contributed by atoms with E-state index in [1.165, 1.54) is 20.1 Å². The number of nitrogens with zero attached hydrogens (tertiary/aromatic N) is 5. The third-order valence-corrected chi connectivity index (χ3v) is 10.5. The van der Waals surface area contributed by atoms with Gasteiger partial charge in [0.05, 0.1) is 19.5 Å². The van der Waals surface area contributed by atoms with Crippen LogP contribution >= 0.6 is 36.1 Å². The number of carbonyl (C=O) groups excluding carboxylic acids is 2. The van der Waals surface area contributed by atoms with Gasteiger partial charge in [0, 0.05) is 43.5 Å². The lowest BCUT2D eigenvalue weighted by Gasteiger charge is -2.30. The number of unbranched alkanes of at least 4 members (excludes halogenated alkanes) is 1. The lowest BCUT2D eigenvalue weighted by Crippen LogP contribution is -2.46. The molecule has 53 heavy (non-hydrogen) atoms. The van der Waals surface area contributed by atoms with Crippen LogP contribution in [0.25, 0.3) is 11.2 Å². The molecule has 1 aliphatic rings. The van der Waals surface area contributed by atoms with Crippen LogP contribution in [-0.2, 0) is 45.9 Å². The Morgan fingerprint density at radius 2 is 1.81 bits per heavy atom. The van der Waals surface area contributed by atoms with Gasteiger partial charge in [0.25, 0.3) is 0 Å². The second-order valence-electron chi connectivity index (χ2n) is 11.9. The molecule has 2 unspecified atom stereocenters. The second-order valence-corrected chi connectivity index (χ2v) is 16.6. The van der Waals surface area contributed by atoms with Gasteiger partial charge in [-0.2, -0.15) is 16.9 Å². The minimum atomic E-state index is -5.57. The summed E-state index contributed by atoms with van der Waals surface area (Å²) >= 11 is 3.95. The molecule has 1 fully saturated rings. The van der Waals surface area contributed by atoms with Gasteiger partial charge >= 0.3 is 23.5 Å². The minimum Gasteiger partial charge on any atom is -0.396 e. The molecular weight excluding hydrogens is 795 g/mol. The fourth-order valence-corrected chi connectivity index (χ4v) is 7.47. The van der Waals surface area contributed by atoms with Crippen LogP contribution < -0.4 is 10.6 Å². The van der Waals surface area contributed by atoms with Gasteiger partial charge in [-0.15, -0.1) is 0 Å². The van der Waals surface area contributed by atoms with E-state index in [2.05, 4.69) is 52.0 Å². The molecule has 300 valence electrons. The predicted octanol–water partition coefficient (Wildman–Crippen LogP) is -0.773. The fraction of sp³-hybridized carbons (Fsp3) is 0.680. The summed E-state index contributed by atoms with van der Waals surface area (Å²) in [6.07, 6.45) is -4.44. The first-order chi connectivity index (χ1) is 24.7. The quantitative estimate of drug-likeness (QED) is 0.0301. The van der Waals surface area contributed by atoms with Crippen molar-refractivity contribution in [3.63, 3.8) is 0 Å². The maximum Gasteiger partial charge on any atom is 0.481 e. The van der Waals surface area contributed by atoms with Crippen molar-refractivity contribution >= 4 is 71.1 Å². The topological polar surface area (TPSA) is 353 Å². The van der Waals surface area contributed by atoms with E-state index in [0.717, 1.165) is 17.2 Å². The lowest BCUT2D eigenvalue weighted by atomic mass is 9.87. The van der Waals surface area contributed by atoms with Crippen LogP contribution in [0.4, 0.5) is 5.82 Å². The van der Waals surface area contributed by atoms with Gasteiger partial charge in [0.2, 0.25) is 11.8 Å². The van der Waals surface area contributed by atoms with E-state index in [1.807, 2.05) is 0 Å². The first-order valence-corrected chi connectivity index (χ1v) is 20.7. The van der Waals surface area contributed by atoms with Crippen LogP contribution in [0.5, 0.6) is 0 Å². The number of aliphatic hydroxyl groups excluding tert-OH is 3. The normalized spacial score (nSPS) is 22.5. The predicted molar refractivity (Wildman–Crippen MR) is 184 cm³/mol. The zero-order valence-corrected chi connectivity index (χ0v) is 31.8. The molecule has 2 aromatic heterocycles. The van der Waals surface area contributed by atoms with Crippen molar-refractivity contribution in [3.05, 3.63) is 12.7 Å². The molecule has 0 aliphatic carbocycles. The number of hydrogen-bond acceptors (Lipinski definition) is 18. The van der Waals surface area contributed by atoms with Gasteiger partial charge in [-0.25, -0.2) is 33.6 Å². The average Bonchev–Trinajstić information content (AvgIpc) is 3.63. The van der Waals surface area contributed by atoms with Gasteiger partial charge in [-0.1, -0.05) is 13.8 Å². The van der Waals surface area contributed by atoms with Crippen LogP contribution in [0.3, 0.4) is 0 Å². The molecule has 28 heteroatoms. The summed E-state index contributed by atoms with van der Waals surface area (Å²) in [6, 6.07) is 0. The summed E-state index contributed by atoms with van der Waals surface area (Å²) in [6.45, 7) is 0.629. The highest BCUT2D eigenvalue weighted by Gasteiger charge is 2.50. The molecule has 2 amide bonds. The number of thiol groups is 1. The van der Waals surface area contributed by atoms with Crippen LogP contribution in [-0.4, -0.2) is 136 Å². The number of phosphoric acid groups is 3. The number of hydrogen-bond donors (Lipinski definition) is 10. The Bertz CT molecular complexity index is 1730. The number of nitrogens with one attached hydrogen (secondary N) is 2. The van der Waals surface area contributed by atoms with Crippen LogP contribution in [0.2, 0.25) is 0 Å². The highest BCUT2D eigenvalue weighted by molar-refractivity contribution is 7.80. The molecule has 0 aromatic carbocycles. The van der Waals surface area contributed by atoms with Crippen molar-refractivity contribution < 1.29 is 80.8 Å². The smallest absolute Gasteiger partial charge is 0.396 e. The number of phosphoric ester groups is 3. The highest BCUT2D eigenvalue weighted by atomic mass is 32.1. The van der Waals surface area contributed by atoms with Crippen LogP contribution in [0.1, 0.15) is 39.3 Å². The number of aromatic nitrogens is 4. The number of imidazole rings is 1. The number of rotatable bonds is 22. The summed E-state index contributed by atoms with van der Waals surface area (Å²) in [7, 11) is -16.4. The summed E-state index contributed by atoms with van der Waals surface area (Å²) in [4.78, 5) is 79.8.